The highest BCUT2D eigenvalue weighted by Crippen LogP contribution is 2.61. The highest BCUT2D eigenvalue weighted by Gasteiger charge is 2.47. The fourth-order valence-corrected chi connectivity index (χ4v) is 8.49. The summed E-state index contributed by atoms with van der Waals surface area (Å²) in [4.78, 5) is 12.1. The minimum Gasteiger partial charge on any atom is -0.258 e. The molecule has 0 N–H and O–H groups in total. The van der Waals surface area contributed by atoms with E-state index in [0.717, 1.165) is 59.1 Å². The molecule has 0 spiro atoms. The van der Waals surface area contributed by atoms with Crippen molar-refractivity contribution in [1.82, 2.24) is 0 Å². The van der Waals surface area contributed by atoms with Gasteiger partial charge < -0.3 is 0 Å². The third-order valence-corrected chi connectivity index (χ3v) is 10.2. The first-order valence-corrected chi connectivity index (χ1v) is 15.4. The summed E-state index contributed by atoms with van der Waals surface area (Å²) in [6.45, 7) is 0. The van der Waals surface area contributed by atoms with Crippen LogP contribution in [0.2, 0.25) is 10.0 Å². The monoisotopic (exact) mass is 613 g/mol. The molecule has 3 nitrogen and oxygen atoms in total. The number of fused-ring (bicyclic) bond motifs is 7. The summed E-state index contributed by atoms with van der Waals surface area (Å²) in [7, 11) is 0. The van der Waals surface area contributed by atoms with E-state index in [2.05, 4.69) is 84.9 Å². The molecule has 206 valence electrons. The lowest BCUT2D eigenvalue weighted by Gasteiger charge is -2.34. The van der Waals surface area contributed by atoms with Crippen molar-refractivity contribution in [2.24, 2.45) is 0 Å². The number of halogens is 2. The van der Waals surface area contributed by atoms with Crippen molar-refractivity contribution in [3.63, 3.8) is 0 Å². The van der Waals surface area contributed by atoms with E-state index >= 15 is 0 Å². The second kappa shape index (κ2) is 9.78. The Morgan fingerprint density at radius 3 is 1.91 bits per heavy atom. The number of nitro groups is 1. The van der Waals surface area contributed by atoms with Crippen LogP contribution in [0, 0.1) is 10.1 Å². The van der Waals surface area contributed by atoms with Crippen molar-refractivity contribution in [2.45, 2.75) is 5.41 Å². The van der Waals surface area contributed by atoms with Gasteiger partial charge in [-0.25, -0.2) is 0 Å². The van der Waals surface area contributed by atoms with Crippen LogP contribution in [0.5, 0.6) is 0 Å². The van der Waals surface area contributed by atoms with E-state index in [4.69, 9.17) is 23.2 Å². The van der Waals surface area contributed by atoms with Crippen molar-refractivity contribution in [3.8, 4) is 22.3 Å². The number of nitrogens with zero attached hydrogens (tertiary/aromatic N) is 1. The zero-order valence-electron chi connectivity index (χ0n) is 22.6. The van der Waals surface area contributed by atoms with Crippen LogP contribution in [0.1, 0.15) is 22.3 Å². The third-order valence-electron chi connectivity index (χ3n) is 8.57. The number of rotatable bonds is 4. The van der Waals surface area contributed by atoms with E-state index in [1.807, 2.05) is 24.3 Å². The summed E-state index contributed by atoms with van der Waals surface area (Å²) in [5.41, 5.74) is 7.21. The van der Waals surface area contributed by atoms with Crippen molar-refractivity contribution in [3.05, 3.63) is 170 Å². The van der Waals surface area contributed by atoms with Crippen LogP contribution in [0.15, 0.2) is 127 Å². The van der Waals surface area contributed by atoms with Crippen molar-refractivity contribution < 1.29 is 4.92 Å². The molecular formula is C37H21Cl2NO2S. The molecule has 1 aliphatic rings. The molecule has 43 heavy (non-hydrogen) atoms. The van der Waals surface area contributed by atoms with Crippen LogP contribution in [0.25, 0.3) is 42.4 Å². The van der Waals surface area contributed by atoms with Crippen LogP contribution in [-0.4, -0.2) is 4.92 Å². The van der Waals surface area contributed by atoms with Gasteiger partial charge in [0, 0.05) is 41.8 Å². The van der Waals surface area contributed by atoms with Gasteiger partial charge >= 0.3 is 0 Å². The van der Waals surface area contributed by atoms with E-state index in [1.54, 1.807) is 23.5 Å². The maximum atomic E-state index is 12.4. The second-order valence-electron chi connectivity index (χ2n) is 10.7. The maximum Gasteiger partial charge on any atom is 0.278 e. The van der Waals surface area contributed by atoms with Gasteiger partial charge in [-0.15, -0.1) is 11.3 Å². The van der Waals surface area contributed by atoms with Gasteiger partial charge in [0.15, 0.2) is 0 Å². The molecule has 0 radical (unpaired) electrons. The van der Waals surface area contributed by atoms with Crippen molar-refractivity contribution in [1.29, 1.82) is 0 Å². The fraction of sp³-hybridized carbons (Fsp3) is 0.0270. The molecule has 1 aliphatic carbocycles. The first kappa shape index (κ1) is 26.2. The van der Waals surface area contributed by atoms with Gasteiger partial charge in [0.25, 0.3) is 5.69 Å². The molecule has 0 unspecified atom stereocenters. The van der Waals surface area contributed by atoms with Crippen LogP contribution in [0.4, 0.5) is 5.69 Å². The van der Waals surface area contributed by atoms with Gasteiger partial charge in [-0.05, 0) is 69.8 Å². The molecule has 0 fully saturated rings. The van der Waals surface area contributed by atoms with Crippen LogP contribution >= 0.6 is 34.5 Å². The Morgan fingerprint density at radius 2 is 1.23 bits per heavy atom. The summed E-state index contributed by atoms with van der Waals surface area (Å²) in [5, 5.41) is 15.6. The highest BCUT2D eigenvalue weighted by molar-refractivity contribution is 7.26. The van der Waals surface area contributed by atoms with Gasteiger partial charge in [0.1, 0.15) is 0 Å². The van der Waals surface area contributed by atoms with Crippen LogP contribution in [-0.2, 0) is 5.41 Å². The molecule has 0 saturated carbocycles. The zero-order valence-corrected chi connectivity index (χ0v) is 24.9. The standard InChI is InChI=1S/C37H21Cl2NO2S/c38-24-16-18-27-30(19-24)37(22-9-3-1-4-10-22,23-11-5-2-6-12-23)31-21-29(26-17-15-25(39)20-32(26)40(41)42)36-35(34(27)31)28-13-7-8-14-33(28)43-36/h1-21H. The van der Waals surface area contributed by atoms with E-state index < -0.39 is 5.41 Å². The van der Waals surface area contributed by atoms with Gasteiger partial charge in [0.05, 0.1) is 15.9 Å². The predicted molar refractivity (Wildman–Crippen MR) is 179 cm³/mol. The zero-order chi connectivity index (χ0) is 29.3. The lowest BCUT2D eigenvalue weighted by atomic mass is 9.67. The largest absolute Gasteiger partial charge is 0.278 e. The van der Waals surface area contributed by atoms with E-state index in [-0.39, 0.29) is 10.6 Å². The minimum absolute atomic E-state index is 0.0187. The molecule has 0 aliphatic heterocycles. The fourth-order valence-electron chi connectivity index (χ4n) is 6.91. The quantitative estimate of drug-likeness (QED) is 0.146. The van der Waals surface area contributed by atoms with Crippen molar-refractivity contribution in [2.75, 3.05) is 0 Å². The van der Waals surface area contributed by atoms with E-state index in [1.165, 1.54) is 6.07 Å². The first-order valence-electron chi connectivity index (χ1n) is 13.8. The van der Waals surface area contributed by atoms with Crippen molar-refractivity contribution >= 4 is 60.4 Å². The molecule has 1 aromatic heterocycles. The summed E-state index contributed by atoms with van der Waals surface area (Å²) in [6, 6.07) is 42.6. The Kier molecular flexibility index (Phi) is 5.95. The normalized spacial score (nSPS) is 13.3. The summed E-state index contributed by atoms with van der Waals surface area (Å²) in [6.07, 6.45) is 0. The number of thiophene rings is 1. The van der Waals surface area contributed by atoms with E-state index in [0.29, 0.717) is 15.6 Å². The molecular weight excluding hydrogens is 593 g/mol. The molecule has 8 rings (SSSR count). The average molecular weight is 615 g/mol. The molecule has 0 amide bonds. The third kappa shape index (κ3) is 3.74. The SMILES string of the molecule is O=[N+]([O-])c1cc(Cl)ccc1-c1cc2c(c3c1sc1ccccc13)-c1ccc(Cl)cc1C2(c1ccccc1)c1ccccc1. The Labute approximate surface area is 261 Å². The lowest BCUT2D eigenvalue weighted by Crippen LogP contribution is -2.28. The van der Waals surface area contributed by atoms with Gasteiger partial charge in [0.2, 0.25) is 0 Å². The Balaban J connectivity index is 1.64. The summed E-state index contributed by atoms with van der Waals surface area (Å²) in [5.74, 6) is 0. The molecule has 0 saturated heterocycles. The molecule has 1 heterocycles. The molecule has 6 aromatic carbocycles. The topological polar surface area (TPSA) is 43.1 Å². The molecule has 0 bridgehead atoms. The number of hydrogen-bond acceptors (Lipinski definition) is 3. The average Bonchev–Trinajstić information content (AvgIpc) is 3.55. The van der Waals surface area contributed by atoms with Crippen LogP contribution < -0.4 is 0 Å². The summed E-state index contributed by atoms with van der Waals surface area (Å²) < 4.78 is 2.12. The van der Waals surface area contributed by atoms with Gasteiger partial charge in [-0.2, -0.15) is 0 Å². The highest BCUT2D eigenvalue weighted by atomic mass is 35.5. The Hall–Kier alpha value is -4.48. The minimum atomic E-state index is -0.717. The first-order chi connectivity index (χ1) is 21.0. The molecule has 0 atom stereocenters. The number of nitro benzene ring substituents is 1. The van der Waals surface area contributed by atoms with Gasteiger partial charge in [-0.1, -0.05) is 108 Å². The maximum absolute atomic E-state index is 12.4. The number of hydrogen-bond donors (Lipinski definition) is 0. The Bertz CT molecular complexity index is 2200. The second-order valence-corrected chi connectivity index (χ2v) is 12.7. The van der Waals surface area contributed by atoms with Crippen LogP contribution in [0.3, 0.4) is 0 Å². The molecule has 7 aromatic rings. The van der Waals surface area contributed by atoms with Gasteiger partial charge in [-0.3, -0.25) is 10.1 Å². The molecule has 6 heteroatoms. The number of benzene rings is 6. The lowest BCUT2D eigenvalue weighted by molar-refractivity contribution is -0.384. The summed E-state index contributed by atoms with van der Waals surface area (Å²) >= 11 is 14.7. The Morgan fingerprint density at radius 1 is 0.628 bits per heavy atom. The van der Waals surface area contributed by atoms with E-state index in [9.17, 15) is 10.1 Å². The smallest absolute Gasteiger partial charge is 0.258 e. The predicted octanol–water partition coefficient (Wildman–Crippen LogP) is 11.3.